The van der Waals surface area contributed by atoms with E-state index in [-0.39, 0.29) is 24.1 Å². The van der Waals surface area contributed by atoms with E-state index in [1.807, 2.05) is 19.2 Å². The van der Waals surface area contributed by atoms with Crippen molar-refractivity contribution in [3.05, 3.63) is 16.1 Å². The predicted octanol–water partition coefficient (Wildman–Crippen LogP) is 2.47. The van der Waals surface area contributed by atoms with Gasteiger partial charge in [0.1, 0.15) is 0 Å². The van der Waals surface area contributed by atoms with Crippen molar-refractivity contribution >= 4 is 17.4 Å². The number of carbonyl (C=O) groups is 1. The zero-order valence-corrected chi connectivity index (χ0v) is 13.5. The zero-order valence-electron chi connectivity index (χ0n) is 12.6. The lowest BCUT2D eigenvalue weighted by Crippen LogP contribution is -2.39. The second-order valence-electron chi connectivity index (χ2n) is 5.29. The Labute approximate surface area is 124 Å². The third-order valence-electron chi connectivity index (χ3n) is 3.02. The molecule has 1 heterocycles. The van der Waals surface area contributed by atoms with E-state index >= 15 is 0 Å². The van der Waals surface area contributed by atoms with Gasteiger partial charge >= 0.3 is 6.03 Å². The number of rotatable bonds is 7. The maximum Gasteiger partial charge on any atom is 0.315 e. The average Bonchev–Trinajstić information content (AvgIpc) is 2.84. The van der Waals surface area contributed by atoms with Gasteiger partial charge in [-0.1, -0.05) is 13.8 Å². The maximum atomic E-state index is 11.8. The summed E-state index contributed by atoms with van der Waals surface area (Å²) in [5, 5.41) is 18.0. The van der Waals surface area contributed by atoms with E-state index in [2.05, 4.69) is 22.5 Å². The molecule has 1 rings (SSSR count). The van der Waals surface area contributed by atoms with Gasteiger partial charge in [0, 0.05) is 11.9 Å². The van der Waals surface area contributed by atoms with Crippen LogP contribution in [0.3, 0.4) is 0 Å². The van der Waals surface area contributed by atoms with Gasteiger partial charge in [-0.25, -0.2) is 9.78 Å². The van der Waals surface area contributed by atoms with Crippen LogP contribution < -0.4 is 10.6 Å². The molecule has 114 valence electrons. The van der Waals surface area contributed by atoms with E-state index in [9.17, 15) is 9.90 Å². The molecule has 0 saturated carbocycles. The van der Waals surface area contributed by atoms with Gasteiger partial charge in [0.05, 0.1) is 22.8 Å². The molecule has 0 spiro atoms. The number of aromatic nitrogens is 1. The molecule has 0 aromatic carbocycles. The van der Waals surface area contributed by atoms with Crippen LogP contribution in [0.25, 0.3) is 0 Å². The molecule has 0 aliphatic heterocycles. The minimum absolute atomic E-state index is 0.0985. The summed E-state index contributed by atoms with van der Waals surface area (Å²) in [6.07, 6.45) is 1.26. The molecule has 3 N–H and O–H groups in total. The highest BCUT2D eigenvalue weighted by atomic mass is 32.1. The summed E-state index contributed by atoms with van der Waals surface area (Å²) in [4.78, 5) is 16.2. The number of nitrogens with one attached hydrogen (secondary N) is 2. The number of nitrogens with zero attached hydrogens (tertiary/aromatic N) is 1. The first-order valence-corrected chi connectivity index (χ1v) is 7.97. The summed E-state index contributed by atoms with van der Waals surface area (Å²) in [6, 6.07) is -0.292. The smallest absolute Gasteiger partial charge is 0.315 e. The molecular formula is C14H25N3O2S. The first-order valence-electron chi connectivity index (χ1n) is 7.09. The first kappa shape index (κ1) is 16.9. The highest BCUT2D eigenvalue weighted by Crippen LogP contribution is 2.16. The van der Waals surface area contributed by atoms with Gasteiger partial charge in [-0.05, 0) is 32.6 Å². The number of hydrogen-bond acceptors (Lipinski definition) is 4. The number of thiazole rings is 1. The number of aryl methyl sites for hydroxylation is 1. The van der Waals surface area contributed by atoms with Crippen LogP contribution in [0.2, 0.25) is 0 Å². The van der Waals surface area contributed by atoms with Crippen LogP contribution in [-0.2, 0) is 6.42 Å². The van der Waals surface area contributed by atoms with Crippen molar-refractivity contribution < 1.29 is 9.90 Å². The Morgan fingerprint density at radius 3 is 2.70 bits per heavy atom. The third kappa shape index (κ3) is 5.88. The number of carbonyl (C=O) groups excluding carboxylic acids is 1. The lowest BCUT2D eigenvalue weighted by atomic mass is 10.1. The topological polar surface area (TPSA) is 74.2 Å². The van der Waals surface area contributed by atoms with Crippen molar-refractivity contribution in [1.82, 2.24) is 15.6 Å². The third-order valence-corrected chi connectivity index (χ3v) is 4.03. The van der Waals surface area contributed by atoms with E-state index < -0.39 is 0 Å². The molecule has 1 aromatic heterocycles. The second kappa shape index (κ2) is 8.21. The zero-order chi connectivity index (χ0) is 15.1. The number of hydrogen-bond donors (Lipinski definition) is 3. The summed E-state index contributed by atoms with van der Waals surface area (Å²) in [6.45, 7) is 8.31. The van der Waals surface area contributed by atoms with Crippen molar-refractivity contribution in [2.75, 3.05) is 6.54 Å². The standard InChI is InChI=1S/C14H25N3O2S/c1-5-13-17-12(8-20-13)11(4)16-14(19)15-7-9(2)6-10(3)18/h8-11,18H,5-7H2,1-4H3,(H2,15,16,19). The van der Waals surface area contributed by atoms with Gasteiger partial charge < -0.3 is 15.7 Å². The van der Waals surface area contributed by atoms with Gasteiger partial charge in [-0.3, -0.25) is 0 Å². The summed E-state index contributed by atoms with van der Waals surface area (Å²) in [5.74, 6) is 0.252. The van der Waals surface area contributed by atoms with Crippen LogP contribution >= 0.6 is 11.3 Å². The Kier molecular flexibility index (Phi) is 6.95. The number of aliphatic hydroxyl groups is 1. The van der Waals surface area contributed by atoms with E-state index in [1.54, 1.807) is 18.3 Å². The first-order chi connectivity index (χ1) is 9.42. The summed E-state index contributed by atoms with van der Waals surface area (Å²) >= 11 is 1.62. The van der Waals surface area contributed by atoms with E-state index in [4.69, 9.17) is 0 Å². The van der Waals surface area contributed by atoms with Crippen molar-refractivity contribution in [1.29, 1.82) is 0 Å². The summed E-state index contributed by atoms with van der Waals surface area (Å²) in [7, 11) is 0. The van der Waals surface area contributed by atoms with Crippen LogP contribution in [-0.4, -0.2) is 28.8 Å². The molecule has 3 unspecified atom stereocenters. The Hall–Kier alpha value is -1.14. The van der Waals surface area contributed by atoms with Gasteiger partial charge in [0.2, 0.25) is 0 Å². The van der Waals surface area contributed by atoms with Crippen LogP contribution in [0.1, 0.15) is 50.9 Å². The SMILES string of the molecule is CCc1nc(C(C)NC(=O)NCC(C)CC(C)O)cs1. The highest BCUT2D eigenvalue weighted by Gasteiger charge is 2.13. The highest BCUT2D eigenvalue weighted by molar-refractivity contribution is 7.09. The van der Waals surface area contributed by atoms with Gasteiger partial charge in [0.25, 0.3) is 0 Å². The molecule has 3 atom stereocenters. The van der Waals surface area contributed by atoms with E-state index in [1.165, 1.54) is 0 Å². The Morgan fingerprint density at radius 1 is 1.45 bits per heavy atom. The maximum absolute atomic E-state index is 11.8. The molecule has 0 saturated heterocycles. The fourth-order valence-electron chi connectivity index (χ4n) is 1.94. The number of urea groups is 1. The van der Waals surface area contributed by atoms with Crippen molar-refractivity contribution in [3.63, 3.8) is 0 Å². The van der Waals surface area contributed by atoms with Crippen LogP contribution in [0.4, 0.5) is 4.79 Å². The van der Waals surface area contributed by atoms with Gasteiger partial charge in [-0.2, -0.15) is 0 Å². The molecule has 0 bridgehead atoms. The van der Waals surface area contributed by atoms with Crippen LogP contribution in [0, 0.1) is 5.92 Å². The molecule has 0 aliphatic carbocycles. The van der Waals surface area contributed by atoms with Gasteiger partial charge in [-0.15, -0.1) is 11.3 Å². The minimum Gasteiger partial charge on any atom is -0.393 e. The van der Waals surface area contributed by atoms with Gasteiger partial charge in [0.15, 0.2) is 0 Å². The normalized spacial score (nSPS) is 15.4. The molecule has 1 aromatic rings. The predicted molar refractivity (Wildman–Crippen MR) is 81.9 cm³/mol. The monoisotopic (exact) mass is 299 g/mol. The number of aliphatic hydroxyl groups excluding tert-OH is 1. The van der Waals surface area contributed by atoms with Crippen LogP contribution in [0.15, 0.2) is 5.38 Å². The fourth-order valence-corrected chi connectivity index (χ4v) is 2.78. The molecule has 5 nitrogen and oxygen atoms in total. The molecule has 0 aliphatic rings. The lowest BCUT2D eigenvalue weighted by Gasteiger charge is -2.16. The number of amides is 2. The summed E-state index contributed by atoms with van der Waals surface area (Å²) < 4.78 is 0. The van der Waals surface area contributed by atoms with Crippen molar-refractivity contribution in [2.45, 2.75) is 52.7 Å². The molecule has 0 radical (unpaired) electrons. The Bertz CT molecular complexity index is 420. The quantitative estimate of drug-likeness (QED) is 0.724. The average molecular weight is 299 g/mol. The van der Waals surface area contributed by atoms with Crippen molar-refractivity contribution in [2.24, 2.45) is 5.92 Å². The van der Waals surface area contributed by atoms with Crippen LogP contribution in [0.5, 0.6) is 0 Å². The molecule has 6 heteroatoms. The molecular weight excluding hydrogens is 274 g/mol. The van der Waals surface area contributed by atoms with Crippen molar-refractivity contribution in [3.8, 4) is 0 Å². The largest absolute Gasteiger partial charge is 0.393 e. The molecule has 2 amide bonds. The molecule has 20 heavy (non-hydrogen) atoms. The van der Waals surface area contributed by atoms with E-state index in [0.29, 0.717) is 13.0 Å². The Morgan fingerprint density at radius 2 is 2.15 bits per heavy atom. The Balaban J connectivity index is 2.34. The minimum atomic E-state index is -0.337. The lowest BCUT2D eigenvalue weighted by molar-refractivity contribution is 0.163. The van der Waals surface area contributed by atoms with E-state index in [0.717, 1.165) is 17.1 Å². The molecule has 0 fully saturated rings. The fraction of sp³-hybridized carbons (Fsp3) is 0.714. The second-order valence-corrected chi connectivity index (χ2v) is 6.23. The summed E-state index contributed by atoms with van der Waals surface area (Å²) in [5.41, 5.74) is 0.902.